The zero-order valence-corrected chi connectivity index (χ0v) is 9.58. The molecular weight excluding hydrogens is 230 g/mol. The van der Waals surface area contributed by atoms with Gasteiger partial charge >= 0.3 is 0 Å². The minimum atomic E-state index is 0.0342. The van der Waals surface area contributed by atoms with Crippen molar-refractivity contribution in [2.24, 2.45) is 5.92 Å². The number of aromatic hydroxyl groups is 1. The summed E-state index contributed by atoms with van der Waals surface area (Å²) in [7, 11) is 0. The number of nitrogens with zero attached hydrogens (tertiary/aromatic N) is 3. The van der Waals surface area contributed by atoms with E-state index in [1.807, 2.05) is 12.1 Å². The molecule has 1 aromatic carbocycles. The average Bonchev–Trinajstić information content (AvgIpc) is 3.04. The van der Waals surface area contributed by atoms with Gasteiger partial charge in [-0.1, -0.05) is 17.3 Å². The molecule has 18 heavy (non-hydrogen) atoms. The number of aromatic nitrogens is 2. The van der Waals surface area contributed by atoms with Gasteiger partial charge in [0.1, 0.15) is 5.75 Å². The molecule has 2 aromatic rings. The fraction of sp³-hybridized carbons (Fsp3) is 0.308. The molecule has 3 rings (SSSR count). The Balaban J connectivity index is 1.71. The Morgan fingerprint density at radius 1 is 1.39 bits per heavy atom. The van der Waals surface area contributed by atoms with Crippen molar-refractivity contribution in [3.05, 3.63) is 41.5 Å². The van der Waals surface area contributed by atoms with Gasteiger partial charge in [0.05, 0.1) is 17.9 Å². The van der Waals surface area contributed by atoms with Crippen LogP contribution in [0.5, 0.6) is 5.75 Å². The van der Waals surface area contributed by atoms with Gasteiger partial charge in [-0.15, -0.1) is 0 Å². The second-order valence-corrected chi connectivity index (χ2v) is 4.47. The Kier molecular flexibility index (Phi) is 2.49. The summed E-state index contributed by atoms with van der Waals surface area (Å²) < 4.78 is 5.15. The van der Waals surface area contributed by atoms with Crippen molar-refractivity contribution >= 4 is 0 Å². The van der Waals surface area contributed by atoms with Gasteiger partial charge in [0.2, 0.25) is 5.89 Å². The van der Waals surface area contributed by atoms with Gasteiger partial charge in [-0.2, -0.15) is 10.2 Å². The first-order valence-corrected chi connectivity index (χ1v) is 5.76. The Bertz CT molecular complexity index is 597. The van der Waals surface area contributed by atoms with Gasteiger partial charge in [-0.25, -0.2) is 0 Å². The summed E-state index contributed by atoms with van der Waals surface area (Å²) in [5.41, 5.74) is 1.01. The number of phenols is 1. The van der Waals surface area contributed by atoms with Crippen LogP contribution < -0.4 is 0 Å². The predicted molar refractivity (Wildman–Crippen MR) is 61.7 cm³/mol. The van der Waals surface area contributed by atoms with Gasteiger partial charge < -0.3 is 9.63 Å². The van der Waals surface area contributed by atoms with E-state index in [0.717, 1.165) is 12.0 Å². The third kappa shape index (κ3) is 2.05. The first-order chi connectivity index (χ1) is 8.76. The van der Waals surface area contributed by atoms with E-state index in [-0.39, 0.29) is 17.6 Å². The van der Waals surface area contributed by atoms with Crippen LogP contribution in [0, 0.1) is 17.2 Å². The van der Waals surface area contributed by atoms with Crippen molar-refractivity contribution in [2.45, 2.75) is 18.8 Å². The molecule has 2 unspecified atom stereocenters. The van der Waals surface area contributed by atoms with Crippen molar-refractivity contribution in [3.8, 4) is 11.8 Å². The lowest BCUT2D eigenvalue weighted by Gasteiger charge is -1.96. The highest BCUT2D eigenvalue weighted by molar-refractivity contribution is 5.27. The molecule has 0 radical (unpaired) electrons. The van der Waals surface area contributed by atoms with Crippen LogP contribution in [-0.4, -0.2) is 15.2 Å². The van der Waals surface area contributed by atoms with E-state index in [4.69, 9.17) is 9.78 Å². The zero-order valence-electron chi connectivity index (χ0n) is 9.58. The molecule has 5 heteroatoms. The number of phenolic OH excluding ortho intramolecular Hbond substituents is 1. The number of rotatable bonds is 3. The molecule has 1 aliphatic carbocycles. The second kappa shape index (κ2) is 4.15. The summed E-state index contributed by atoms with van der Waals surface area (Å²) in [4.78, 5) is 4.30. The molecule has 0 aliphatic heterocycles. The van der Waals surface area contributed by atoms with Crippen molar-refractivity contribution < 1.29 is 9.63 Å². The zero-order chi connectivity index (χ0) is 12.5. The Hall–Kier alpha value is -2.35. The average molecular weight is 241 g/mol. The smallest absolute Gasteiger partial charge is 0.231 e. The quantitative estimate of drug-likeness (QED) is 0.888. The molecule has 90 valence electrons. The van der Waals surface area contributed by atoms with Crippen LogP contribution in [0.15, 0.2) is 28.8 Å². The maximum Gasteiger partial charge on any atom is 0.231 e. The van der Waals surface area contributed by atoms with E-state index in [9.17, 15) is 5.11 Å². The predicted octanol–water partition coefficient (Wildman–Crippen LogP) is 1.99. The molecule has 1 N–H and O–H groups in total. The maximum absolute atomic E-state index is 9.18. The molecule has 1 heterocycles. The molecule has 0 amide bonds. The van der Waals surface area contributed by atoms with Gasteiger partial charge in [-0.3, -0.25) is 0 Å². The molecule has 1 aromatic heterocycles. The number of nitriles is 1. The Labute approximate surface area is 104 Å². The number of hydrogen-bond donors (Lipinski definition) is 1. The summed E-state index contributed by atoms with van der Waals surface area (Å²) in [6.07, 6.45) is 1.38. The minimum absolute atomic E-state index is 0.0342. The van der Waals surface area contributed by atoms with Crippen LogP contribution >= 0.6 is 0 Å². The largest absolute Gasteiger partial charge is 0.508 e. The van der Waals surface area contributed by atoms with Crippen molar-refractivity contribution in [1.82, 2.24) is 10.1 Å². The van der Waals surface area contributed by atoms with E-state index in [2.05, 4.69) is 16.2 Å². The van der Waals surface area contributed by atoms with E-state index in [0.29, 0.717) is 18.1 Å². The summed E-state index contributed by atoms with van der Waals surface area (Å²) >= 11 is 0. The third-order valence-corrected chi connectivity index (χ3v) is 3.06. The van der Waals surface area contributed by atoms with Gasteiger partial charge in [0, 0.05) is 6.42 Å². The maximum atomic E-state index is 9.18. The minimum Gasteiger partial charge on any atom is -0.508 e. The van der Waals surface area contributed by atoms with Gasteiger partial charge in [-0.05, 0) is 24.1 Å². The molecular formula is C13H11N3O2. The van der Waals surface area contributed by atoms with E-state index in [1.165, 1.54) is 0 Å². The first kappa shape index (κ1) is 10.8. The fourth-order valence-corrected chi connectivity index (χ4v) is 1.90. The lowest BCUT2D eigenvalue weighted by molar-refractivity contribution is 0.373. The van der Waals surface area contributed by atoms with E-state index < -0.39 is 0 Å². The first-order valence-electron chi connectivity index (χ1n) is 5.76. The topological polar surface area (TPSA) is 82.9 Å². The second-order valence-electron chi connectivity index (χ2n) is 4.47. The molecule has 5 nitrogen and oxygen atoms in total. The van der Waals surface area contributed by atoms with Crippen molar-refractivity contribution in [3.63, 3.8) is 0 Å². The number of benzene rings is 1. The number of hydrogen-bond acceptors (Lipinski definition) is 5. The molecule has 2 atom stereocenters. The van der Waals surface area contributed by atoms with Crippen molar-refractivity contribution in [1.29, 1.82) is 5.26 Å². The normalized spacial score (nSPS) is 21.5. The highest BCUT2D eigenvalue weighted by Gasteiger charge is 2.43. The molecule has 0 bridgehead atoms. The molecule has 1 saturated carbocycles. The summed E-state index contributed by atoms with van der Waals surface area (Å²) in [5.74, 6) is 1.57. The summed E-state index contributed by atoms with van der Waals surface area (Å²) in [6.45, 7) is 0. The van der Waals surface area contributed by atoms with Crippen molar-refractivity contribution in [2.75, 3.05) is 0 Å². The SMILES string of the molecule is N#CC1CC1c1nc(Cc2ccc(O)cc2)no1. The van der Waals surface area contributed by atoms with Crippen LogP contribution in [-0.2, 0) is 6.42 Å². The molecule has 0 spiro atoms. The van der Waals surface area contributed by atoms with Gasteiger partial charge in [0.25, 0.3) is 0 Å². The van der Waals surface area contributed by atoms with Crippen LogP contribution in [0.3, 0.4) is 0 Å². The summed E-state index contributed by atoms with van der Waals surface area (Å²) in [5, 5.41) is 21.8. The lowest BCUT2D eigenvalue weighted by Crippen LogP contribution is -1.91. The van der Waals surface area contributed by atoms with Crippen LogP contribution in [0.25, 0.3) is 0 Å². The molecule has 1 aliphatic rings. The fourth-order valence-electron chi connectivity index (χ4n) is 1.90. The standard InChI is InChI=1S/C13H11N3O2/c14-7-9-6-11(9)13-15-12(16-18-13)5-8-1-3-10(17)4-2-8/h1-4,9,11,17H,5-6H2. The Morgan fingerprint density at radius 3 is 2.83 bits per heavy atom. The van der Waals surface area contributed by atoms with Crippen LogP contribution in [0.1, 0.15) is 29.6 Å². The molecule has 0 saturated heterocycles. The Morgan fingerprint density at radius 2 is 2.17 bits per heavy atom. The van der Waals surface area contributed by atoms with Gasteiger partial charge in [0.15, 0.2) is 5.82 Å². The third-order valence-electron chi connectivity index (χ3n) is 3.06. The monoisotopic (exact) mass is 241 g/mol. The van der Waals surface area contributed by atoms with E-state index in [1.54, 1.807) is 12.1 Å². The lowest BCUT2D eigenvalue weighted by atomic mass is 10.1. The highest BCUT2D eigenvalue weighted by atomic mass is 16.5. The van der Waals surface area contributed by atoms with Crippen LogP contribution in [0.2, 0.25) is 0 Å². The molecule has 1 fully saturated rings. The summed E-state index contributed by atoms with van der Waals surface area (Å²) in [6, 6.07) is 9.09. The van der Waals surface area contributed by atoms with Crippen LogP contribution in [0.4, 0.5) is 0 Å². The highest BCUT2D eigenvalue weighted by Crippen LogP contribution is 2.45. The van der Waals surface area contributed by atoms with E-state index >= 15 is 0 Å².